The fraction of sp³-hybridized carbons (Fsp3) is 0.192. The van der Waals surface area contributed by atoms with Crippen molar-refractivity contribution in [2.75, 3.05) is 11.9 Å². The van der Waals surface area contributed by atoms with Crippen LogP contribution in [0.2, 0.25) is 0 Å². The maximum Gasteiger partial charge on any atom is 0.411 e. The number of anilines is 1. The number of hydrogen-bond donors (Lipinski definition) is 3. The molecule has 0 unspecified atom stereocenters. The van der Waals surface area contributed by atoms with Crippen LogP contribution in [0.3, 0.4) is 0 Å². The summed E-state index contributed by atoms with van der Waals surface area (Å²) in [6.07, 6.45) is -0.796. The molecule has 0 heterocycles. The van der Waals surface area contributed by atoms with Gasteiger partial charge in [0.15, 0.2) is 0 Å². The molecular formula is C26H23IN2O5. The lowest BCUT2D eigenvalue weighted by atomic mass is 9.98. The second kappa shape index (κ2) is 10.3. The lowest BCUT2D eigenvalue weighted by Crippen LogP contribution is -2.34. The highest BCUT2D eigenvalue weighted by atomic mass is 127. The molecule has 0 aliphatic heterocycles. The lowest BCUT2D eigenvalue weighted by molar-refractivity contribution is -0.137. The predicted octanol–water partition coefficient (Wildman–Crippen LogP) is 5.25. The van der Waals surface area contributed by atoms with Gasteiger partial charge in [0, 0.05) is 26.8 Å². The van der Waals surface area contributed by atoms with Gasteiger partial charge in [-0.25, -0.2) is 4.79 Å². The van der Waals surface area contributed by atoms with E-state index >= 15 is 0 Å². The van der Waals surface area contributed by atoms with Crippen molar-refractivity contribution in [1.29, 1.82) is 0 Å². The first kappa shape index (κ1) is 23.7. The summed E-state index contributed by atoms with van der Waals surface area (Å²) < 4.78 is 6.31. The molecule has 1 aliphatic rings. The zero-order valence-corrected chi connectivity index (χ0v) is 20.5. The highest BCUT2D eigenvalue weighted by Gasteiger charge is 2.29. The summed E-state index contributed by atoms with van der Waals surface area (Å²) in [5.41, 5.74) is 5.29. The number of fused-ring (bicyclic) bond motifs is 3. The van der Waals surface area contributed by atoms with E-state index < -0.39 is 24.0 Å². The van der Waals surface area contributed by atoms with E-state index in [9.17, 15) is 14.4 Å². The van der Waals surface area contributed by atoms with E-state index in [0.717, 1.165) is 25.8 Å². The molecule has 0 saturated carbocycles. The second-order valence-corrected chi connectivity index (χ2v) is 9.40. The van der Waals surface area contributed by atoms with E-state index in [2.05, 4.69) is 57.5 Å². The molecule has 0 spiro atoms. The van der Waals surface area contributed by atoms with Crippen LogP contribution in [0, 0.1) is 3.57 Å². The van der Waals surface area contributed by atoms with Gasteiger partial charge in [-0.2, -0.15) is 0 Å². The van der Waals surface area contributed by atoms with Crippen LogP contribution in [0.25, 0.3) is 11.1 Å². The molecule has 1 aliphatic carbocycles. The van der Waals surface area contributed by atoms with E-state index in [-0.39, 0.29) is 18.9 Å². The Kier molecular flexibility index (Phi) is 7.16. The molecule has 1 atom stereocenters. The van der Waals surface area contributed by atoms with Crippen LogP contribution in [0.15, 0.2) is 66.7 Å². The van der Waals surface area contributed by atoms with Crippen LogP contribution in [-0.4, -0.2) is 35.7 Å². The van der Waals surface area contributed by atoms with Crippen molar-refractivity contribution in [1.82, 2.24) is 5.32 Å². The largest absolute Gasteiger partial charge is 0.481 e. The number of carboxylic acids is 1. The van der Waals surface area contributed by atoms with Crippen molar-refractivity contribution >= 4 is 46.2 Å². The fourth-order valence-corrected chi connectivity index (χ4v) is 4.84. The molecule has 0 bridgehead atoms. The third-order valence-corrected chi connectivity index (χ3v) is 6.23. The van der Waals surface area contributed by atoms with Crippen LogP contribution in [0.1, 0.15) is 40.7 Å². The molecule has 3 aromatic carbocycles. The van der Waals surface area contributed by atoms with Gasteiger partial charge in [0.2, 0.25) is 0 Å². The number of ether oxygens (including phenoxy) is 1. The summed E-state index contributed by atoms with van der Waals surface area (Å²) in [6.45, 7) is 1.81. The molecule has 0 fully saturated rings. The maximum atomic E-state index is 12.6. The zero-order valence-electron chi connectivity index (χ0n) is 18.4. The number of carbonyl (C=O) groups excluding carboxylic acids is 2. The van der Waals surface area contributed by atoms with Crippen LogP contribution >= 0.6 is 22.6 Å². The number of rotatable bonds is 7. The van der Waals surface area contributed by atoms with E-state index in [1.165, 1.54) is 6.07 Å². The Hall–Kier alpha value is -3.40. The molecule has 0 radical (unpaired) electrons. The molecule has 4 rings (SSSR count). The van der Waals surface area contributed by atoms with Gasteiger partial charge >= 0.3 is 12.1 Å². The molecule has 8 heteroatoms. The van der Waals surface area contributed by atoms with E-state index in [1.807, 2.05) is 24.3 Å². The minimum atomic E-state index is -0.993. The normalized spacial score (nSPS) is 12.9. The first-order chi connectivity index (χ1) is 16.3. The van der Waals surface area contributed by atoms with Gasteiger partial charge in [-0.05, 0) is 70.0 Å². The second-order valence-electron chi connectivity index (χ2n) is 8.15. The topological polar surface area (TPSA) is 105 Å². The van der Waals surface area contributed by atoms with Gasteiger partial charge < -0.3 is 15.2 Å². The summed E-state index contributed by atoms with van der Waals surface area (Å²) in [7, 11) is 0. The molecule has 0 saturated heterocycles. The van der Waals surface area contributed by atoms with Crippen molar-refractivity contribution in [2.24, 2.45) is 0 Å². The van der Waals surface area contributed by atoms with Gasteiger partial charge in [0.1, 0.15) is 6.61 Å². The number of benzene rings is 3. The van der Waals surface area contributed by atoms with E-state index in [1.54, 1.807) is 19.1 Å². The van der Waals surface area contributed by atoms with Crippen molar-refractivity contribution in [3.8, 4) is 11.1 Å². The van der Waals surface area contributed by atoms with E-state index in [0.29, 0.717) is 11.3 Å². The minimum Gasteiger partial charge on any atom is -0.481 e. The molecular weight excluding hydrogens is 547 g/mol. The molecule has 0 aromatic heterocycles. The average Bonchev–Trinajstić information content (AvgIpc) is 3.10. The first-order valence-electron chi connectivity index (χ1n) is 10.8. The van der Waals surface area contributed by atoms with Crippen molar-refractivity contribution < 1.29 is 24.2 Å². The Morgan fingerprint density at radius 2 is 1.62 bits per heavy atom. The molecule has 34 heavy (non-hydrogen) atoms. The summed E-state index contributed by atoms with van der Waals surface area (Å²) in [5.74, 6) is -1.46. The number of carboxylic acid groups (broad SMARTS) is 1. The molecule has 3 aromatic rings. The van der Waals surface area contributed by atoms with Crippen molar-refractivity contribution in [3.05, 3.63) is 87.0 Å². The number of amides is 2. The van der Waals surface area contributed by atoms with E-state index in [4.69, 9.17) is 9.84 Å². The zero-order chi connectivity index (χ0) is 24.2. The van der Waals surface area contributed by atoms with Crippen LogP contribution in [-0.2, 0) is 9.53 Å². The van der Waals surface area contributed by atoms with Crippen LogP contribution in [0.4, 0.5) is 10.5 Å². The predicted molar refractivity (Wildman–Crippen MR) is 137 cm³/mol. The Labute approximate surface area is 210 Å². The highest BCUT2D eigenvalue weighted by molar-refractivity contribution is 14.1. The van der Waals surface area contributed by atoms with Gasteiger partial charge in [0.05, 0.1) is 6.42 Å². The van der Waals surface area contributed by atoms with Crippen LogP contribution in [0.5, 0.6) is 0 Å². The minimum absolute atomic E-state index is 0.0499. The standard InChI is InChI=1S/C26H23IN2O5/c1-15(10-24(30)31)28-25(32)16-11-17(27)13-18(12-16)29-26(33)34-14-23-21-8-4-2-6-19(21)20-7-3-5-9-22(20)23/h2-9,11-13,15,23H,10,14H2,1H3,(H,28,32)(H,29,33)(H,30,31)/t15-/m1/s1. The third-order valence-electron chi connectivity index (χ3n) is 5.61. The Balaban J connectivity index is 1.42. The average molecular weight is 570 g/mol. The summed E-state index contributed by atoms with van der Waals surface area (Å²) in [5, 5.41) is 14.2. The Bertz CT molecular complexity index is 1210. The van der Waals surface area contributed by atoms with Gasteiger partial charge in [0.25, 0.3) is 5.91 Å². The van der Waals surface area contributed by atoms with Crippen LogP contribution < -0.4 is 10.6 Å². The fourth-order valence-electron chi connectivity index (χ4n) is 4.17. The number of nitrogens with one attached hydrogen (secondary N) is 2. The van der Waals surface area contributed by atoms with Gasteiger partial charge in [-0.15, -0.1) is 0 Å². The van der Waals surface area contributed by atoms with Gasteiger partial charge in [-0.3, -0.25) is 14.9 Å². The number of carbonyl (C=O) groups is 3. The first-order valence-corrected chi connectivity index (χ1v) is 11.8. The number of aliphatic carboxylic acids is 1. The summed E-state index contributed by atoms with van der Waals surface area (Å²) >= 11 is 2.05. The molecule has 174 valence electrons. The quantitative estimate of drug-likeness (QED) is 0.337. The van der Waals surface area contributed by atoms with Crippen molar-refractivity contribution in [3.63, 3.8) is 0 Å². The lowest BCUT2D eigenvalue weighted by Gasteiger charge is -2.15. The van der Waals surface area contributed by atoms with Crippen molar-refractivity contribution in [2.45, 2.75) is 25.3 Å². The third kappa shape index (κ3) is 5.39. The SMILES string of the molecule is C[C@H](CC(=O)O)NC(=O)c1cc(I)cc(NC(=O)OCC2c3ccccc3-c3ccccc32)c1. The summed E-state index contributed by atoms with van der Waals surface area (Å²) in [4.78, 5) is 35.9. The number of halogens is 1. The smallest absolute Gasteiger partial charge is 0.411 e. The monoisotopic (exact) mass is 570 g/mol. The molecule has 7 nitrogen and oxygen atoms in total. The molecule has 2 amide bonds. The molecule has 3 N–H and O–H groups in total. The maximum absolute atomic E-state index is 12.6. The highest BCUT2D eigenvalue weighted by Crippen LogP contribution is 2.44. The number of hydrogen-bond acceptors (Lipinski definition) is 4. The summed E-state index contributed by atoms with van der Waals surface area (Å²) in [6, 6.07) is 20.6. The Morgan fingerprint density at radius 1 is 1.00 bits per heavy atom. The van der Waals surface area contributed by atoms with Gasteiger partial charge in [-0.1, -0.05) is 48.5 Å². The Morgan fingerprint density at radius 3 is 2.24 bits per heavy atom.